The molecule has 4 rings (SSSR count). The summed E-state index contributed by atoms with van der Waals surface area (Å²) in [5.74, 6) is 5.66. The van der Waals surface area contributed by atoms with Crippen molar-refractivity contribution >= 4 is 0 Å². The quantitative estimate of drug-likeness (QED) is 0.623. The molecular formula is C24H42O. The van der Waals surface area contributed by atoms with Gasteiger partial charge in [0.25, 0.3) is 0 Å². The molecule has 0 aromatic carbocycles. The Hall–Kier alpha value is -0.0400. The van der Waals surface area contributed by atoms with Crippen molar-refractivity contribution in [1.29, 1.82) is 0 Å². The zero-order valence-electron chi connectivity index (χ0n) is 17.3. The predicted molar refractivity (Wildman–Crippen MR) is 105 cm³/mol. The molecule has 4 fully saturated rings. The second-order valence-corrected chi connectivity index (χ2v) is 11.1. The molecule has 1 heteroatoms. The van der Waals surface area contributed by atoms with Crippen molar-refractivity contribution in [2.75, 3.05) is 0 Å². The van der Waals surface area contributed by atoms with E-state index < -0.39 is 0 Å². The van der Waals surface area contributed by atoms with Crippen LogP contribution < -0.4 is 0 Å². The zero-order valence-corrected chi connectivity index (χ0v) is 17.3. The first-order valence-electron chi connectivity index (χ1n) is 11.6. The lowest BCUT2D eigenvalue weighted by Crippen LogP contribution is -2.54. The average Bonchev–Trinajstić information content (AvgIpc) is 2.93. The summed E-state index contributed by atoms with van der Waals surface area (Å²) >= 11 is 0. The molecule has 0 heterocycles. The van der Waals surface area contributed by atoms with Crippen molar-refractivity contribution in [3.05, 3.63) is 0 Å². The molecule has 0 bridgehead atoms. The first kappa shape index (κ1) is 18.3. The van der Waals surface area contributed by atoms with Crippen LogP contribution in [-0.4, -0.2) is 11.2 Å². The first-order chi connectivity index (χ1) is 11.9. The van der Waals surface area contributed by atoms with Crippen molar-refractivity contribution in [1.82, 2.24) is 0 Å². The Morgan fingerprint density at radius 1 is 0.920 bits per heavy atom. The van der Waals surface area contributed by atoms with Gasteiger partial charge in [0.2, 0.25) is 0 Å². The summed E-state index contributed by atoms with van der Waals surface area (Å²) in [6.07, 6.45) is 15.1. The van der Waals surface area contributed by atoms with Crippen LogP contribution in [0, 0.1) is 46.3 Å². The maximum Gasteiger partial charge on any atom is 0.0543 e. The first-order valence-corrected chi connectivity index (χ1v) is 11.6. The molecule has 0 spiro atoms. The molecule has 4 aliphatic carbocycles. The van der Waals surface area contributed by atoms with E-state index in [1.165, 1.54) is 57.8 Å². The highest BCUT2D eigenvalue weighted by Gasteiger charge is 2.60. The highest BCUT2D eigenvalue weighted by atomic mass is 16.3. The summed E-state index contributed by atoms with van der Waals surface area (Å²) in [5, 5.41) is 10.2. The third-order valence-corrected chi connectivity index (χ3v) is 10.1. The fraction of sp³-hybridized carbons (Fsp3) is 1.00. The van der Waals surface area contributed by atoms with E-state index in [4.69, 9.17) is 0 Å². The summed E-state index contributed by atoms with van der Waals surface area (Å²) < 4.78 is 0. The number of fused-ring (bicyclic) bond motifs is 5. The summed E-state index contributed by atoms with van der Waals surface area (Å²) in [7, 11) is 0. The largest absolute Gasteiger partial charge is 0.393 e. The topological polar surface area (TPSA) is 20.2 Å². The maximum absolute atomic E-state index is 10.2. The maximum atomic E-state index is 10.2. The van der Waals surface area contributed by atoms with E-state index in [1.807, 2.05) is 0 Å². The molecule has 25 heavy (non-hydrogen) atoms. The Kier molecular flexibility index (Phi) is 4.79. The van der Waals surface area contributed by atoms with Gasteiger partial charge in [-0.25, -0.2) is 0 Å². The lowest BCUT2D eigenvalue weighted by molar-refractivity contribution is -0.129. The second kappa shape index (κ2) is 6.54. The Bertz CT molecular complexity index is 486. The van der Waals surface area contributed by atoms with Gasteiger partial charge < -0.3 is 5.11 Å². The van der Waals surface area contributed by atoms with Gasteiger partial charge in [-0.15, -0.1) is 0 Å². The molecule has 9 atom stereocenters. The van der Waals surface area contributed by atoms with Gasteiger partial charge in [0.15, 0.2) is 0 Å². The van der Waals surface area contributed by atoms with E-state index in [0.717, 1.165) is 48.3 Å². The van der Waals surface area contributed by atoms with Crippen molar-refractivity contribution in [3.63, 3.8) is 0 Å². The van der Waals surface area contributed by atoms with Crippen molar-refractivity contribution in [2.24, 2.45) is 46.3 Å². The van der Waals surface area contributed by atoms with Crippen LogP contribution in [0.1, 0.15) is 98.3 Å². The molecule has 4 saturated carbocycles. The van der Waals surface area contributed by atoms with E-state index >= 15 is 0 Å². The van der Waals surface area contributed by atoms with Crippen LogP contribution in [0.3, 0.4) is 0 Å². The molecule has 0 aromatic heterocycles. The minimum absolute atomic E-state index is 0.00534. The fourth-order valence-corrected chi connectivity index (χ4v) is 8.87. The highest BCUT2D eigenvalue weighted by molar-refractivity contribution is 5.09. The monoisotopic (exact) mass is 346 g/mol. The van der Waals surface area contributed by atoms with Gasteiger partial charge in [0, 0.05) is 0 Å². The van der Waals surface area contributed by atoms with Crippen LogP contribution in [0.5, 0.6) is 0 Å². The number of aliphatic hydroxyl groups is 1. The summed E-state index contributed by atoms with van der Waals surface area (Å²) in [4.78, 5) is 0. The zero-order chi connectivity index (χ0) is 17.8. The van der Waals surface area contributed by atoms with Crippen molar-refractivity contribution < 1.29 is 5.11 Å². The Morgan fingerprint density at radius 2 is 1.64 bits per heavy atom. The van der Waals surface area contributed by atoms with Crippen molar-refractivity contribution in [3.8, 4) is 0 Å². The number of hydrogen-bond acceptors (Lipinski definition) is 1. The lowest BCUT2D eigenvalue weighted by Gasteiger charge is -2.61. The van der Waals surface area contributed by atoms with E-state index in [-0.39, 0.29) is 6.10 Å². The number of hydrogen-bond donors (Lipinski definition) is 1. The van der Waals surface area contributed by atoms with Crippen molar-refractivity contribution in [2.45, 2.75) is 104 Å². The Labute approximate surface area is 156 Å². The molecule has 0 saturated heterocycles. The molecule has 0 amide bonds. The summed E-state index contributed by atoms with van der Waals surface area (Å²) in [5.41, 5.74) is 1.17. The number of aliphatic hydroxyl groups excluding tert-OH is 1. The third kappa shape index (κ3) is 2.74. The van der Waals surface area contributed by atoms with Gasteiger partial charge in [-0.1, -0.05) is 40.5 Å². The van der Waals surface area contributed by atoms with Gasteiger partial charge in [-0.05, 0) is 104 Å². The molecule has 0 aliphatic heterocycles. The average molecular weight is 347 g/mol. The molecule has 0 radical (unpaired) electrons. The van der Waals surface area contributed by atoms with Crippen LogP contribution in [0.25, 0.3) is 0 Å². The second-order valence-electron chi connectivity index (χ2n) is 11.1. The van der Waals surface area contributed by atoms with Crippen LogP contribution in [0.15, 0.2) is 0 Å². The van der Waals surface area contributed by atoms with Gasteiger partial charge in [0.05, 0.1) is 6.10 Å². The molecule has 1 N–H and O–H groups in total. The Morgan fingerprint density at radius 3 is 2.40 bits per heavy atom. The SMILES string of the molecule is CCCC(C)[C@H]1CCC2C3CCC4CC(O)CC[C@]4(C)C3CCC21C. The minimum Gasteiger partial charge on any atom is -0.393 e. The van der Waals surface area contributed by atoms with Gasteiger partial charge >= 0.3 is 0 Å². The highest BCUT2D eigenvalue weighted by Crippen LogP contribution is 2.68. The van der Waals surface area contributed by atoms with Crippen LogP contribution in [0.4, 0.5) is 0 Å². The van der Waals surface area contributed by atoms with Crippen LogP contribution >= 0.6 is 0 Å². The normalized spacial score (nSPS) is 53.6. The van der Waals surface area contributed by atoms with Gasteiger partial charge in [-0.3, -0.25) is 0 Å². The molecule has 1 nitrogen and oxygen atoms in total. The molecule has 144 valence electrons. The molecule has 0 aromatic rings. The smallest absolute Gasteiger partial charge is 0.0543 e. The fourth-order valence-electron chi connectivity index (χ4n) is 8.87. The van der Waals surface area contributed by atoms with E-state index in [9.17, 15) is 5.11 Å². The van der Waals surface area contributed by atoms with Crippen LogP contribution in [0.2, 0.25) is 0 Å². The Balaban J connectivity index is 1.56. The lowest BCUT2D eigenvalue weighted by atomic mass is 9.44. The summed E-state index contributed by atoms with van der Waals surface area (Å²) in [6, 6.07) is 0. The molecule has 4 aliphatic rings. The minimum atomic E-state index is -0.00534. The van der Waals surface area contributed by atoms with E-state index in [0.29, 0.717) is 10.8 Å². The molecule has 7 unspecified atom stereocenters. The predicted octanol–water partition coefficient (Wildman–Crippen LogP) is 6.44. The van der Waals surface area contributed by atoms with Crippen LogP contribution in [-0.2, 0) is 0 Å². The third-order valence-electron chi connectivity index (χ3n) is 10.1. The summed E-state index contributed by atoms with van der Waals surface area (Å²) in [6.45, 7) is 10.2. The van der Waals surface area contributed by atoms with Gasteiger partial charge in [0.1, 0.15) is 0 Å². The van der Waals surface area contributed by atoms with Gasteiger partial charge in [-0.2, -0.15) is 0 Å². The number of rotatable bonds is 3. The van der Waals surface area contributed by atoms with E-state index in [1.54, 1.807) is 0 Å². The molecular weight excluding hydrogens is 304 g/mol. The standard InChI is InChI=1S/C24H42O/c1-5-6-16(2)20-9-10-21-19-8-7-17-15-18(25)11-13-23(17,3)22(19)12-14-24(20,21)4/h16-22,25H,5-15H2,1-4H3/t16?,17?,18?,19?,20-,21?,22?,23+,24?/m1/s1. The van der Waals surface area contributed by atoms with E-state index in [2.05, 4.69) is 27.7 Å².